The van der Waals surface area contributed by atoms with Crippen LogP contribution in [0.4, 0.5) is 0 Å². The average molecular weight is 293 g/mol. The van der Waals surface area contributed by atoms with Gasteiger partial charge in [-0.2, -0.15) is 0 Å². The highest BCUT2D eigenvalue weighted by molar-refractivity contribution is 5.94. The van der Waals surface area contributed by atoms with E-state index in [-0.39, 0.29) is 5.97 Å². The number of hydrogen-bond acceptors (Lipinski definition) is 4. The summed E-state index contributed by atoms with van der Waals surface area (Å²) in [5, 5.41) is 4.99. The zero-order valence-corrected chi connectivity index (χ0v) is 12.4. The molecule has 0 atom stereocenters. The van der Waals surface area contributed by atoms with Gasteiger partial charge in [-0.15, -0.1) is 0 Å². The second kappa shape index (κ2) is 5.85. The number of hydrogen-bond donors (Lipinski definition) is 0. The van der Waals surface area contributed by atoms with Crippen LogP contribution in [0.2, 0.25) is 0 Å². The Balaban J connectivity index is 2.03. The SMILES string of the molecule is COC(=O)/C=C/c1ccc2noc(-c3ccc(C)cc3)c2c1. The summed E-state index contributed by atoms with van der Waals surface area (Å²) >= 11 is 0. The number of fused-ring (bicyclic) bond motifs is 1. The number of ether oxygens (including phenoxy) is 1. The number of nitrogens with zero attached hydrogens (tertiary/aromatic N) is 1. The van der Waals surface area contributed by atoms with Crippen LogP contribution in [0.5, 0.6) is 0 Å². The quantitative estimate of drug-likeness (QED) is 0.541. The highest BCUT2D eigenvalue weighted by atomic mass is 16.5. The van der Waals surface area contributed by atoms with Crippen molar-refractivity contribution in [3.8, 4) is 11.3 Å². The molecule has 22 heavy (non-hydrogen) atoms. The minimum Gasteiger partial charge on any atom is -0.466 e. The molecule has 0 fully saturated rings. The molecule has 0 spiro atoms. The van der Waals surface area contributed by atoms with E-state index in [1.807, 2.05) is 49.4 Å². The maximum absolute atomic E-state index is 11.2. The van der Waals surface area contributed by atoms with E-state index in [1.54, 1.807) is 6.08 Å². The van der Waals surface area contributed by atoms with Gasteiger partial charge < -0.3 is 9.26 Å². The Morgan fingerprint density at radius 2 is 1.95 bits per heavy atom. The predicted octanol–water partition coefficient (Wildman–Crippen LogP) is 3.99. The Morgan fingerprint density at radius 1 is 1.18 bits per heavy atom. The molecule has 0 bridgehead atoms. The Hall–Kier alpha value is -2.88. The third-order valence-electron chi connectivity index (χ3n) is 3.43. The van der Waals surface area contributed by atoms with E-state index in [2.05, 4.69) is 9.89 Å². The summed E-state index contributed by atoms with van der Waals surface area (Å²) in [5.74, 6) is 0.340. The van der Waals surface area contributed by atoms with Gasteiger partial charge in [-0.05, 0) is 30.7 Å². The van der Waals surface area contributed by atoms with Gasteiger partial charge in [-0.25, -0.2) is 4.79 Å². The largest absolute Gasteiger partial charge is 0.466 e. The molecule has 0 aliphatic carbocycles. The van der Waals surface area contributed by atoms with E-state index in [9.17, 15) is 4.79 Å². The van der Waals surface area contributed by atoms with Gasteiger partial charge in [0.1, 0.15) is 5.52 Å². The molecular weight excluding hydrogens is 278 g/mol. The van der Waals surface area contributed by atoms with E-state index in [4.69, 9.17) is 4.52 Å². The van der Waals surface area contributed by atoms with Crippen LogP contribution in [0.1, 0.15) is 11.1 Å². The summed E-state index contributed by atoms with van der Waals surface area (Å²) in [4.78, 5) is 11.2. The van der Waals surface area contributed by atoms with Gasteiger partial charge >= 0.3 is 5.97 Å². The zero-order valence-electron chi connectivity index (χ0n) is 12.4. The number of benzene rings is 2. The fourth-order valence-corrected chi connectivity index (χ4v) is 2.21. The fraction of sp³-hybridized carbons (Fsp3) is 0.111. The minimum absolute atomic E-state index is 0.385. The number of carbonyl (C=O) groups is 1. The van der Waals surface area contributed by atoms with Crippen molar-refractivity contribution in [3.63, 3.8) is 0 Å². The molecule has 0 unspecified atom stereocenters. The van der Waals surface area contributed by atoms with Crippen LogP contribution < -0.4 is 0 Å². The smallest absolute Gasteiger partial charge is 0.330 e. The highest BCUT2D eigenvalue weighted by Crippen LogP contribution is 2.29. The van der Waals surface area contributed by atoms with Crippen molar-refractivity contribution >= 4 is 22.9 Å². The normalized spacial score (nSPS) is 11.2. The first-order valence-electron chi connectivity index (χ1n) is 6.90. The lowest BCUT2D eigenvalue weighted by Gasteiger charge is -1.99. The zero-order chi connectivity index (χ0) is 15.5. The monoisotopic (exact) mass is 293 g/mol. The molecule has 4 nitrogen and oxygen atoms in total. The van der Waals surface area contributed by atoms with E-state index in [0.717, 1.165) is 27.8 Å². The summed E-state index contributed by atoms with van der Waals surface area (Å²) in [6.45, 7) is 2.04. The number of aromatic nitrogens is 1. The van der Waals surface area contributed by atoms with Crippen LogP contribution in [-0.2, 0) is 9.53 Å². The first kappa shape index (κ1) is 14.1. The molecular formula is C18H15NO3. The van der Waals surface area contributed by atoms with Crippen molar-refractivity contribution in [2.75, 3.05) is 7.11 Å². The lowest BCUT2D eigenvalue weighted by atomic mass is 10.0. The second-order valence-corrected chi connectivity index (χ2v) is 5.01. The van der Waals surface area contributed by atoms with Gasteiger partial charge in [0.05, 0.1) is 12.5 Å². The molecule has 0 radical (unpaired) electrons. The standard InChI is InChI=1S/C18H15NO3/c1-12-3-7-14(8-4-12)18-15-11-13(6-10-17(20)21-2)5-9-16(15)19-22-18/h3-11H,1-2H3/b10-6+. The summed E-state index contributed by atoms with van der Waals surface area (Å²) in [5.41, 5.74) is 3.83. The second-order valence-electron chi connectivity index (χ2n) is 5.01. The Kier molecular flexibility index (Phi) is 3.74. The number of aryl methyl sites for hydroxylation is 1. The Labute approximate surface area is 128 Å². The highest BCUT2D eigenvalue weighted by Gasteiger charge is 2.10. The lowest BCUT2D eigenvalue weighted by molar-refractivity contribution is -0.134. The number of methoxy groups -OCH3 is 1. The topological polar surface area (TPSA) is 52.3 Å². The molecule has 0 amide bonds. The molecule has 3 rings (SSSR count). The van der Waals surface area contributed by atoms with Crippen LogP contribution in [0.3, 0.4) is 0 Å². The van der Waals surface area contributed by atoms with Gasteiger partial charge in [-0.3, -0.25) is 0 Å². The predicted molar refractivity (Wildman–Crippen MR) is 85.2 cm³/mol. The van der Waals surface area contributed by atoms with Crippen molar-refractivity contribution in [2.45, 2.75) is 6.92 Å². The summed E-state index contributed by atoms with van der Waals surface area (Å²) < 4.78 is 10.1. The minimum atomic E-state index is -0.385. The number of rotatable bonds is 3. The van der Waals surface area contributed by atoms with Gasteiger partial charge in [0.25, 0.3) is 0 Å². The van der Waals surface area contributed by atoms with Gasteiger partial charge in [-0.1, -0.05) is 41.1 Å². The van der Waals surface area contributed by atoms with E-state index >= 15 is 0 Å². The van der Waals surface area contributed by atoms with E-state index in [1.165, 1.54) is 18.7 Å². The van der Waals surface area contributed by atoms with Crippen molar-refractivity contribution in [1.82, 2.24) is 5.16 Å². The fourth-order valence-electron chi connectivity index (χ4n) is 2.21. The van der Waals surface area contributed by atoms with Crippen molar-refractivity contribution in [3.05, 3.63) is 59.7 Å². The van der Waals surface area contributed by atoms with Crippen LogP contribution >= 0.6 is 0 Å². The molecule has 4 heteroatoms. The maximum Gasteiger partial charge on any atom is 0.330 e. The summed E-state index contributed by atoms with van der Waals surface area (Å²) in [6, 6.07) is 13.8. The third-order valence-corrected chi connectivity index (χ3v) is 3.43. The molecule has 1 aromatic heterocycles. The van der Waals surface area contributed by atoms with Crippen molar-refractivity contribution in [2.24, 2.45) is 0 Å². The average Bonchev–Trinajstić information content (AvgIpc) is 2.96. The Bertz CT molecular complexity index is 844. The lowest BCUT2D eigenvalue weighted by Crippen LogP contribution is -1.93. The maximum atomic E-state index is 11.2. The van der Waals surface area contributed by atoms with Crippen LogP contribution in [0, 0.1) is 6.92 Å². The molecule has 1 heterocycles. The summed E-state index contributed by atoms with van der Waals surface area (Å²) in [7, 11) is 1.35. The molecule has 0 aliphatic heterocycles. The van der Waals surface area contributed by atoms with Gasteiger partial charge in [0, 0.05) is 11.6 Å². The van der Waals surface area contributed by atoms with E-state index < -0.39 is 0 Å². The number of esters is 1. The molecule has 0 aliphatic rings. The van der Waals surface area contributed by atoms with Crippen LogP contribution in [0.15, 0.2) is 53.1 Å². The van der Waals surface area contributed by atoms with Crippen molar-refractivity contribution < 1.29 is 14.1 Å². The molecule has 110 valence electrons. The Morgan fingerprint density at radius 3 is 2.68 bits per heavy atom. The molecule has 0 saturated carbocycles. The molecule has 0 N–H and O–H groups in total. The van der Waals surface area contributed by atoms with Crippen LogP contribution in [-0.4, -0.2) is 18.2 Å². The van der Waals surface area contributed by atoms with Crippen molar-refractivity contribution in [1.29, 1.82) is 0 Å². The van der Waals surface area contributed by atoms with Crippen LogP contribution in [0.25, 0.3) is 28.3 Å². The van der Waals surface area contributed by atoms with Gasteiger partial charge in [0.15, 0.2) is 5.76 Å². The molecule has 0 saturated heterocycles. The van der Waals surface area contributed by atoms with E-state index in [0.29, 0.717) is 0 Å². The number of carbonyl (C=O) groups excluding carboxylic acids is 1. The summed E-state index contributed by atoms with van der Waals surface area (Å²) in [6.07, 6.45) is 3.09. The first-order chi connectivity index (χ1) is 10.7. The first-order valence-corrected chi connectivity index (χ1v) is 6.90. The molecule has 3 aromatic rings. The molecule has 2 aromatic carbocycles. The van der Waals surface area contributed by atoms with Gasteiger partial charge in [0.2, 0.25) is 0 Å². The third kappa shape index (κ3) is 2.76.